The maximum atomic E-state index is 13.6. The van der Waals surface area contributed by atoms with E-state index in [1.807, 2.05) is 16.8 Å². The molecule has 4 aromatic rings. The Hall–Kier alpha value is -3.39. The van der Waals surface area contributed by atoms with Crippen LogP contribution in [0, 0.1) is 0 Å². The Morgan fingerprint density at radius 2 is 2.00 bits per heavy atom. The van der Waals surface area contributed by atoms with Crippen molar-refractivity contribution in [2.75, 3.05) is 25.7 Å². The van der Waals surface area contributed by atoms with Crippen molar-refractivity contribution in [1.29, 1.82) is 0 Å². The quantitative estimate of drug-likeness (QED) is 0.366. The van der Waals surface area contributed by atoms with Crippen molar-refractivity contribution in [2.45, 2.75) is 26.3 Å². The minimum Gasteiger partial charge on any atom is -0.493 e. The molecule has 0 atom stereocenters. The zero-order valence-corrected chi connectivity index (χ0v) is 19.3. The first kappa shape index (κ1) is 21.8. The van der Waals surface area contributed by atoms with Gasteiger partial charge in [-0.3, -0.25) is 9.69 Å². The van der Waals surface area contributed by atoms with Crippen LogP contribution in [0.4, 0.5) is 5.13 Å². The van der Waals surface area contributed by atoms with Crippen molar-refractivity contribution >= 4 is 32.6 Å². The zero-order chi connectivity index (χ0) is 22.5. The van der Waals surface area contributed by atoms with Gasteiger partial charge in [-0.15, -0.1) is 0 Å². The molecule has 7 nitrogen and oxygen atoms in total. The fourth-order valence-electron chi connectivity index (χ4n) is 3.63. The molecule has 4 rings (SSSR count). The summed E-state index contributed by atoms with van der Waals surface area (Å²) in [7, 11) is 3.14. The summed E-state index contributed by atoms with van der Waals surface area (Å²) in [5.74, 6) is 0.992. The second-order valence-corrected chi connectivity index (χ2v) is 8.30. The summed E-state index contributed by atoms with van der Waals surface area (Å²) < 4.78 is 13.8. The van der Waals surface area contributed by atoms with Crippen molar-refractivity contribution in [3.63, 3.8) is 0 Å². The highest BCUT2D eigenvalue weighted by molar-refractivity contribution is 7.22. The van der Waals surface area contributed by atoms with Gasteiger partial charge < -0.3 is 14.0 Å². The van der Waals surface area contributed by atoms with Crippen LogP contribution < -0.4 is 14.4 Å². The molecule has 0 aliphatic heterocycles. The predicted octanol–water partition coefficient (Wildman–Crippen LogP) is 4.81. The van der Waals surface area contributed by atoms with Crippen LogP contribution >= 0.6 is 11.3 Å². The number of nitrogens with zero attached hydrogens (tertiary/aromatic N) is 4. The summed E-state index contributed by atoms with van der Waals surface area (Å²) in [6, 6.07) is 11.4. The Morgan fingerprint density at radius 1 is 1.16 bits per heavy atom. The molecule has 0 radical (unpaired) electrons. The number of hydrogen-bond acceptors (Lipinski definition) is 6. The highest BCUT2D eigenvalue weighted by Crippen LogP contribution is 2.33. The highest BCUT2D eigenvalue weighted by Gasteiger charge is 2.23. The third-order valence-electron chi connectivity index (χ3n) is 5.34. The summed E-state index contributed by atoms with van der Waals surface area (Å²) in [5, 5.41) is 0.700. The van der Waals surface area contributed by atoms with Crippen molar-refractivity contribution in [1.82, 2.24) is 14.5 Å². The summed E-state index contributed by atoms with van der Waals surface area (Å²) in [6.07, 6.45) is 7.13. The van der Waals surface area contributed by atoms with E-state index in [4.69, 9.17) is 14.5 Å². The Bertz CT molecular complexity index is 1200. The molecule has 0 fully saturated rings. The molecule has 2 aromatic heterocycles. The molecule has 0 bridgehead atoms. The van der Waals surface area contributed by atoms with E-state index in [2.05, 4.69) is 24.0 Å². The fourth-order valence-corrected chi connectivity index (χ4v) is 4.67. The number of anilines is 1. The van der Waals surface area contributed by atoms with E-state index in [1.165, 1.54) is 5.56 Å². The second-order valence-electron chi connectivity index (χ2n) is 7.29. The Balaban J connectivity index is 1.68. The average molecular weight is 451 g/mol. The molecule has 0 saturated heterocycles. The molecule has 0 aliphatic carbocycles. The van der Waals surface area contributed by atoms with Crippen LogP contribution in [-0.4, -0.2) is 41.2 Å². The second kappa shape index (κ2) is 9.82. The first-order valence-electron chi connectivity index (χ1n) is 10.5. The third kappa shape index (κ3) is 4.45. The molecule has 2 aromatic carbocycles. The van der Waals surface area contributed by atoms with Gasteiger partial charge in [-0.05, 0) is 42.7 Å². The molecule has 32 heavy (non-hydrogen) atoms. The van der Waals surface area contributed by atoms with Crippen LogP contribution in [0.2, 0.25) is 0 Å². The van der Waals surface area contributed by atoms with Crippen LogP contribution in [-0.2, 0) is 13.0 Å². The van der Waals surface area contributed by atoms with E-state index in [1.54, 1.807) is 61.2 Å². The number of aromatic nitrogens is 3. The number of imidazole rings is 1. The number of amides is 1. The number of fused-ring (bicyclic) bond motifs is 1. The van der Waals surface area contributed by atoms with E-state index in [-0.39, 0.29) is 5.91 Å². The van der Waals surface area contributed by atoms with Crippen LogP contribution in [0.15, 0.2) is 55.1 Å². The van der Waals surface area contributed by atoms with Gasteiger partial charge in [0.25, 0.3) is 5.91 Å². The number of aryl methyl sites for hydroxylation is 2. The first-order valence-corrected chi connectivity index (χ1v) is 11.3. The minimum atomic E-state index is -0.117. The Labute approximate surface area is 191 Å². The van der Waals surface area contributed by atoms with Gasteiger partial charge in [-0.1, -0.05) is 30.4 Å². The lowest BCUT2D eigenvalue weighted by atomic mass is 10.1. The molecule has 0 unspecified atom stereocenters. The van der Waals surface area contributed by atoms with Crippen LogP contribution in [0.3, 0.4) is 0 Å². The maximum absolute atomic E-state index is 13.6. The summed E-state index contributed by atoms with van der Waals surface area (Å²) in [6.45, 7) is 3.42. The predicted molar refractivity (Wildman–Crippen MR) is 127 cm³/mol. The third-order valence-corrected chi connectivity index (χ3v) is 6.38. The van der Waals surface area contributed by atoms with Crippen LogP contribution in [0.1, 0.15) is 29.3 Å². The molecule has 2 heterocycles. The Kier molecular flexibility index (Phi) is 6.70. The smallest absolute Gasteiger partial charge is 0.260 e. The number of hydrogen-bond donors (Lipinski definition) is 0. The summed E-state index contributed by atoms with van der Waals surface area (Å²) >= 11 is 1.54. The molecule has 0 saturated carbocycles. The summed E-state index contributed by atoms with van der Waals surface area (Å²) in [4.78, 5) is 24.3. The van der Waals surface area contributed by atoms with Gasteiger partial charge in [0, 0.05) is 31.0 Å². The molecule has 1 amide bonds. The molecular formula is C24H26N4O3S. The number of methoxy groups -OCH3 is 2. The lowest BCUT2D eigenvalue weighted by molar-refractivity contribution is 0.0986. The van der Waals surface area contributed by atoms with E-state index in [9.17, 15) is 4.79 Å². The van der Waals surface area contributed by atoms with Gasteiger partial charge in [-0.2, -0.15) is 0 Å². The van der Waals surface area contributed by atoms with Crippen LogP contribution in [0.25, 0.3) is 10.2 Å². The largest absolute Gasteiger partial charge is 0.493 e. The Morgan fingerprint density at radius 3 is 2.72 bits per heavy atom. The highest BCUT2D eigenvalue weighted by atomic mass is 32.1. The van der Waals surface area contributed by atoms with E-state index < -0.39 is 0 Å². The number of carbonyl (C=O) groups is 1. The van der Waals surface area contributed by atoms with Gasteiger partial charge >= 0.3 is 0 Å². The molecular weight excluding hydrogens is 424 g/mol. The summed E-state index contributed by atoms with van der Waals surface area (Å²) in [5.41, 5.74) is 2.68. The SMILES string of the molecule is CCc1cccc2sc(N(CCCn3ccnc3)C(=O)c3ccc(OC)c(OC)c3)nc12. The number of thiazole rings is 1. The van der Waals surface area contributed by atoms with Crippen LogP contribution in [0.5, 0.6) is 11.5 Å². The number of ether oxygens (including phenoxy) is 2. The number of benzene rings is 2. The van der Waals surface area contributed by atoms with Crippen molar-refractivity contribution in [2.24, 2.45) is 0 Å². The van der Waals surface area contributed by atoms with Gasteiger partial charge in [0.15, 0.2) is 16.6 Å². The molecule has 0 spiro atoms. The van der Waals surface area contributed by atoms with Crippen molar-refractivity contribution < 1.29 is 14.3 Å². The lowest BCUT2D eigenvalue weighted by Gasteiger charge is -2.20. The van der Waals surface area contributed by atoms with Crippen molar-refractivity contribution in [3.8, 4) is 11.5 Å². The fraction of sp³-hybridized carbons (Fsp3) is 0.292. The standard InChI is InChI=1S/C24H26N4O3S/c1-4-17-7-5-8-21-22(17)26-24(32-21)28(13-6-12-27-14-11-25-16-27)23(29)18-9-10-19(30-2)20(15-18)31-3/h5,7-11,14-16H,4,6,12-13H2,1-3H3. The van der Waals surface area contributed by atoms with Gasteiger partial charge in [-0.25, -0.2) is 9.97 Å². The van der Waals surface area contributed by atoms with E-state index in [0.717, 1.165) is 29.6 Å². The van der Waals surface area contributed by atoms with Gasteiger partial charge in [0.1, 0.15) is 0 Å². The number of para-hydroxylation sites is 1. The normalized spacial score (nSPS) is 11.0. The molecule has 8 heteroatoms. The lowest BCUT2D eigenvalue weighted by Crippen LogP contribution is -2.32. The molecule has 0 N–H and O–H groups in total. The first-order chi connectivity index (χ1) is 15.6. The van der Waals surface area contributed by atoms with Gasteiger partial charge in [0.2, 0.25) is 0 Å². The number of rotatable bonds is 9. The topological polar surface area (TPSA) is 69.5 Å². The number of carbonyl (C=O) groups excluding carboxylic acids is 1. The van der Waals surface area contributed by atoms with Crippen molar-refractivity contribution in [3.05, 3.63) is 66.2 Å². The van der Waals surface area contributed by atoms with E-state index >= 15 is 0 Å². The maximum Gasteiger partial charge on any atom is 0.260 e. The zero-order valence-electron chi connectivity index (χ0n) is 18.4. The van der Waals surface area contributed by atoms with E-state index in [0.29, 0.717) is 28.7 Å². The average Bonchev–Trinajstić information content (AvgIpc) is 3.50. The van der Waals surface area contributed by atoms with Gasteiger partial charge in [0.05, 0.1) is 30.8 Å². The molecule has 166 valence electrons. The molecule has 0 aliphatic rings. The monoisotopic (exact) mass is 450 g/mol. The minimum absolute atomic E-state index is 0.117.